The van der Waals surface area contributed by atoms with Gasteiger partial charge in [-0.1, -0.05) is 30.3 Å². The Morgan fingerprint density at radius 3 is 2.57 bits per heavy atom. The average Bonchev–Trinajstić information content (AvgIpc) is 2.72. The van der Waals surface area contributed by atoms with E-state index in [4.69, 9.17) is 14.2 Å². The van der Waals surface area contributed by atoms with Gasteiger partial charge in [0.25, 0.3) is 0 Å². The van der Waals surface area contributed by atoms with Crippen LogP contribution in [0.3, 0.4) is 0 Å². The summed E-state index contributed by atoms with van der Waals surface area (Å²) < 4.78 is 17.8. The van der Waals surface area contributed by atoms with Crippen LogP contribution in [0.5, 0.6) is 11.5 Å². The molecule has 1 fully saturated rings. The van der Waals surface area contributed by atoms with Crippen LogP contribution in [0.25, 0.3) is 0 Å². The molecule has 5 nitrogen and oxygen atoms in total. The molecule has 160 valence electrons. The zero-order chi connectivity index (χ0) is 21.3. The van der Waals surface area contributed by atoms with E-state index in [1.54, 1.807) is 7.11 Å². The molecule has 2 aromatic rings. The number of methoxy groups -OCH3 is 1. The topological polar surface area (TPSA) is 48.0 Å². The lowest BCUT2D eigenvalue weighted by Crippen LogP contribution is -2.51. The highest BCUT2D eigenvalue weighted by molar-refractivity contribution is 5.85. The van der Waals surface area contributed by atoms with Gasteiger partial charge in [0.2, 0.25) is 0 Å². The van der Waals surface area contributed by atoms with Gasteiger partial charge in [0, 0.05) is 25.6 Å². The Hall–Kier alpha value is -2.37. The number of Topliss-reactive ketones (excluding diaryl/α,β-unsaturated/α-hetero) is 1. The van der Waals surface area contributed by atoms with Gasteiger partial charge >= 0.3 is 0 Å². The smallest absolute Gasteiger partial charge is 0.164 e. The van der Waals surface area contributed by atoms with Gasteiger partial charge in [0.05, 0.1) is 12.7 Å². The van der Waals surface area contributed by atoms with Crippen LogP contribution in [0.1, 0.15) is 49.9 Å². The molecule has 0 unspecified atom stereocenters. The largest absolute Gasteiger partial charge is 0.493 e. The molecule has 2 aliphatic heterocycles. The minimum atomic E-state index is -0.349. The van der Waals surface area contributed by atoms with E-state index >= 15 is 0 Å². The van der Waals surface area contributed by atoms with E-state index in [0.717, 1.165) is 24.3 Å². The van der Waals surface area contributed by atoms with E-state index in [0.29, 0.717) is 25.3 Å². The molecule has 0 N–H and O–H groups in total. The predicted molar refractivity (Wildman–Crippen MR) is 116 cm³/mol. The molecule has 2 aromatic carbocycles. The molecule has 2 aliphatic rings. The monoisotopic (exact) mass is 409 g/mol. The van der Waals surface area contributed by atoms with Gasteiger partial charge in [-0.05, 0) is 56.0 Å². The van der Waals surface area contributed by atoms with Gasteiger partial charge in [-0.25, -0.2) is 0 Å². The summed E-state index contributed by atoms with van der Waals surface area (Å²) >= 11 is 0. The average molecular weight is 410 g/mol. The number of nitrogens with zero attached hydrogens (tertiary/aromatic N) is 1. The minimum absolute atomic E-state index is 0.0816. The first-order chi connectivity index (χ1) is 14.3. The maximum absolute atomic E-state index is 12.8. The lowest BCUT2D eigenvalue weighted by atomic mass is 9.85. The Kier molecular flexibility index (Phi) is 5.85. The molecule has 0 aliphatic carbocycles. The van der Waals surface area contributed by atoms with Crippen LogP contribution in [0.4, 0.5) is 0 Å². The first-order valence-corrected chi connectivity index (χ1v) is 10.7. The second kappa shape index (κ2) is 8.40. The number of fused-ring (bicyclic) bond motifs is 3. The van der Waals surface area contributed by atoms with Crippen molar-refractivity contribution in [1.29, 1.82) is 0 Å². The standard InChI is InChI=1S/C25H31NO4/c1-25(2,3)30-24-15-26-11-10-18-12-23(29-16-17-8-6-5-7-9-17)22(28-4)13-19(18)20(26)14-21(24)27/h5-9,12-13,20,24H,10-11,14-16H2,1-4H3/t20-,24-/m1/s1. The molecule has 0 spiro atoms. The van der Waals surface area contributed by atoms with Gasteiger partial charge in [-0.2, -0.15) is 0 Å². The molecule has 0 bridgehead atoms. The van der Waals surface area contributed by atoms with Crippen LogP contribution in [-0.4, -0.2) is 42.6 Å². The highest BCUT2D eigenvalue weighted by Gasteiger charge is 2.40. The van der Waals surface area contributed by atoms with Crippen molar-refractivity contribution in [3.05, 3.63) is 59.2 Å². The van der Waals surface area contributed by atoms with E-state index in [2.05, 4.69) is 17.0 Å². The van der Waals surface area contributed by atoms with Crippen LogP contribution in [-0.2, 0) is 22.6 Å². The first kappa shape index (κ1) is 20.9. The Morgan fingerprint density at radius 1 is 1.10 bits per heavy atom. The minimum Gasteiger partial charge on any atom is -0.493 e. The van der Waals surface area contributed by atoms with Crippen molar-refractivity contribution in [3.63, 3.8) is 0 Å². The van der Waals surface area contributed by atoms with Crippen LogP contribution in [0, 0.1) is 0 Å². The number of carbonyl (C=O) groups excluding carboxylic acids is 1. The number of carbonyl (C=O) groups is 1. The first-order valence-electron chi connectivity index (χ1n) is 10.7. The molecule has 0 saturated carbocycles. The Balaban J connectivity index is 1.54. The fourth-order valence-electron chi connectivity index (χ4n) is 4.39. The van der Waals surface area contributed by atoms with Crippen molar-refractivity contribution >= 4 is 5.78 Å². The summed E-state index contributed by atoms with van der Waals surface area (Å²) in [5, 5.41) is 0. The zero-order valence-electron chi connectivity index (χ0n) is 18.3. The summed E-state index contributed by atoms with van der Waals surface area (Å²) in [6.07, 6.45) is 1.05. The molecule has 0 aromatic heterocycles. The Labute approximate surface area is 178 Å². The fraction of sp³-hybridized carbons (Fsp3) is 0.480. The molecule has 5 heteroatoms. The Morgan fingerprint density at radius 2 is 1.87 bits per heavy atom. The van der Waals surface area contributed by atoms with Crippen LogP contribution < -0.4 is 9.47 Å². The number of benzene rings is 2. The van der Waals surface area contributed by atoms with Crippen LogP contribution >= 0.6 is 0 Å². The number of piperidine rings is 1. The van der Waals surface area contributed by atoms with Crippen LogP contribution in [0.2, 0.25) is 0 Å². The van der Waals surface area contributed by atoms with Gasteiger partial charge in [-0.3, -0.25) is 9.69 Å². The summed E-state index contributed by atoms with van der Waals surface area (Å²) in [5.41, 5.74) is 3.21. The molecule has 4 rings (SSSR count). The lowest BCUT2D eigenvalue weighted by molar-refractivity contribution is -0.151. The predicted octanol–water partition coefficient (Wildman–Crippen LogP) is 4.33. The van der Waals surface area contributed by atoms with E-state index in [-0.39, 0.29) is 23.5 Å². The molecule has 2 atom stereocenters. The lowest BCUT2D eigenvalue weighted by Gasteiger charge is -2.44. The number of rotatable bonds is 5. The third-order valence-corrected chi connectivity index (χ3v) is 5.78. The summed E-state index contributed by atoms with van der Waals surface area (Å²) in [4.78, 5) is 15.2. The molecule has 2 heterocycles. The summed E-state index contributed by atoms with van der Waals surface area (Å²) in [7, 11) is 1.66. The van der Waals surface area contributed by atoms with Crippen molar-refractivity contribution in [2.45, 2.75) is 58.0 Å². The maximum atomic E-state index is 12.8. The van der Waals surface area contributed by atoms with Crippen molar-refractivity contribution < 1.29 is 19.0 Å². The molecule has 1 saturated heterocycles. The quantitative estimate of drug-likeness (QED) is 0.736. The van der Waals surface area contributed by atoms with E-state index in [1.165, 1.54) is 11.1 Å². The Bertz CT molecular complexity index is 903. The SMILES string of the molecule is COc1cc2c(cc1OCc1ccccc1)CCN1C[C@@H](OC(C)(C)C)C(=O)C[C@H]21. The zero-order valence-corrected chi connectivity index (χ0v) is 18.3. The van der Waals surface area contributed by atoms with Gasteiger partial charge in [-0.15, -0.1) is 0 Å². The summed E-state index contributed by atoms with van der Waals surface area (Å²) in [6, 6.07) is 14.3. The summed E-state index contributed by atoms with van der Waals surface area (Å²) in [6.45, 7) is 8.06. The van der Waals surface area contributed by atoms with Gasteiger partial charge in [0.1, 0.15) is 12.7 Å². The van der Waals surface area contributed by atoms with Crippen molar-refractivity contribution in [2.24, 2.45) is 0 Å². The number of ketones is 1. The van der Waals surface area contributed by atoms with Crippen LogP contribution in [0.15, 0.2) is 42.5 Å². The second-order valence-corrected chi connectivity index (χ2v) is 9.13. The van der Waals surface area contributed by atoms with Crippen molar-refractivity contribution in [1.82, 2.24) is 4.90 Å². The van der Waals surface area contributed by atoms with Gasteiger partial charge in [0.15, 0.2) is 17.3 Å². The number of hydrogen-bond donors (Lipinski definition) is 0. The van der Waals surface area contributed by atoms with Gasteiger partial charge < -0.3 is 14.2 Å². The third-order valence-electron chi connectivity index (χ3n) is 5.78. The highest BCUT2D eigenvalue weighted by Crippen LogP contribution is 2.42. The van der Waals surface area contributed by atoms with E-state index in [1.807, 2.05) is 51.1 Å². The molecule has 0 amide bonds. The molecule has 0 radical (unpaired) electrons. The third kappa shape index (κ3) is 4.52. The number of ether oxygens (including phenoxy) is 3. The van der Waals surface area contributed by atoms with Crippen molar-refractivity contribution in [2.75, 3.05) is 20.2 Å². The second-order valence-electron chi connectivity index (χ2n) is 9.13. The molecular weight excluding hydrogens is 378 g/mol. The number of hydrogen-bond acceptors (Lipinski definition) is 5. The van der Waals surface area contributed by atoms with E-state index in [9.17, 15) is 4.79 Å². The fourth-order valence-corrected chi connectivity index (χ4v) is 4.39. The summed E-state index contributed by atoms with van der Waals surface area (Å²) in [5.74, 6) is 1.65. The highest BCUT2D eigenvalue weighted by atomic mass is 16.5. The normalized spacial score (nSPS) is 21.7. The van der Waals surface area contributed by atoms with Crippen molar-refractivity contribution in [3.8, 4) is 11.5 Å². The molecular formula is C25H31NO4. The maximum Gasteiger partial charge on any atom is 0.164 e. The molecule has 30 heavy (non-hydrogen) atoms. The van der Waals surface area contributed by atoms with E-state index < -0.39 is 0 Å².